The van der Waals surface area contributed by atoms with E-state index >= 15 is 0 Å². The highest BCUT2D eigenvalue weighted by Crippen LogP contribution is 2.27. The number of hydrogen-bond donors (Lipinski definition) is 3. The van der Waals surface area contributed by atoms with Crippen molar-refractivity contribution in [1.82, 2.24) is 10.2 Å². The van der Waals surface area contributed by atoms with Crippen LogP contribution >= 0.6 is 34.2 Å². The van der Waals surface area contributed by atoms with Crippen LogP contribution in [0.1, 0.15) is 0 Å². The molecule has 2 rings (SSSR count). The fourth-order valence-corrected chi connectivity index (χ4v) is 3.08. The highest BCUT2D eigenvalue weighted by molar-refractivity contribution is 14.1. The second-order valence-corrected chi connectivity index (χ2v) is 6.68. The normalized spacial score (nSPS) is 11.4. The zero-order valence-electron chi connectivity index (χ0n) is 8.81. The van der Waals surface area contributed by atoms with Gasteiger partial charge in [0, 0.05) is 3.57 Å². The summed E-state index contributed by atoms with van der Waals surface area (Å²) in [6.45, 7) is 0. The van der Waals surface area contributed by atoms with Crippen molar-refractivity contribution in [2.45, 2.75) is 4.90 Å². The van der Waals surface area contributed by atoms with E-state index in [9.17, 15) is 8.42 Å². The number of benzene rings is 1. The summed E-state index contributed by atoms with van der Waals surface area (Å²) >= 11 is 7.98. The van der Waals surface area contributed by atoms with Crippen molar-refractivity contribution >= 4 is 55.7 Å². The van der Waals surface area contributed by atoms with Crippen molar-refractivity contribution in [3.63, 3.8) is 0 Å². The molecule has 0 radical (unpaired) electrons. The quantitative estimate of drug-likeness (QED) is 0.689. The first kappa shape index (κ1) is 13.4. The number of nitrogens with zero attached hydrogens (tertiary/aromatic N) is 1. The van der Waals surface area contributed by atoms with Crippen molar-refractivity contribution < 1.29 is 8.42 Å². The lowest BCUT2D eigenvalue weighted by molar-refractivity contribution is 0.601. The first-order valence-corrected chi connectivity index (χ1v) is 7.61. The van der Waals surface area contributed by atoms with Crippen LogP contribution in [0.15, 0.2) is 29.3 Å². The van der Waals surface area contributed by atoms with Crippen molar-refractivity contribution in [2.75, 3.05) is 10.5 Å². The Morgan fingerprint density at radius 3 is 2.78 bits per heavy atom. The molecule has 96 valence electrons. The van der Waals surface area contributed by atoms with Gasteiger partial charge >= 0.3 is 0 Å². The Morgan fingerprint density at radius 2 is 2.17 bits per heavy atom. The molecule has 1 aromatic heterocycles. The van der Waals surface area contributed by atoms with Crippen LogP contribution in [0.5, 0.6) is 0 Å². The minimum absolute atomic E-state index is 0.0238. The van der Waals surface area contributed by atoms with Crippen LogP contribution < -0.4 is 10.5 Å². The average Bonchev–Trinajstić information content (AvgIpc) is 2.70. The number of aromatic amines is 1. The summed E-state index contributed by atoms with van der Waals surface area (Å²) in [6.07, 6.45) is 1.14. The molecule has 1 aromatic carbocycles. The van der Waals surface area contributed by atoms with Crippen LogP contribution in [0.3, 0.4) is 0 Å². The van der Waals surface area contributed by atoms with E-state index in [0.29, 0.717) is 10.7 Å². The number of nitrogen functional groups attached to an aromatic ring is 1. The van der Waals surface area contributed by atoms with Crippen LogP contribution in [0.25, 0.3) is 0 Å². The summed E-state index contributed by atoms with van der Waals surface area (Å²) in [5.41, 5.74) is 5.77. The fourth-order valence-electron chi connectivity index (χ4n) is 1.27. The molecule has 0 aliphatic heterocycles. The van der Waals surface area contributed by atoms with Crippen LogP contribution in [-0.4, -0.2) is 18.6 Å². The molecule has 0 atom stereocenters. The lowest BCUT2D eigenvalue weighted by Gasteiger charge is -2.09. The van der Waals surface area contributed by atoms with Crippen molar-refractivity contribution in [3.05, 3.63) is 33.0 Å². The predicted molar refractivity (Wildman–Crippen MR) is 78.0 cm³/mol. The minimum atomic E-state index is -3.80. The second kappa shape index (κ2) is 4.94. The molecule has 0 fully saturated rings. The van der Waals surface area contributed by atoms with Crippen LogP contribution in [-0.2, 0) is 10.0 Å². The van der Waals surface area contributed by atoms with Gasteiger partial charge in [-0.25, -0.2) is 8.42 Å². The predicted octanol–water partition coefficient (Wildman–Crippen LogP) is 2.05. The molecule has 9 heteroatoms. The third-order valence-corrected chi connectivity index (χ3v) is 4.49. The molecule has 2 aromatic rings. The molecule has 0 spiro atoms. The van der Waals surface area contributed by atoms with E-state index in [0.717, 1.165) is 9.77 Å². The lowest BCUT2D eigenvalue weighted by atomic mass is 10.3. The Bertz CT molecular complexity index is 686. The van der Waals surface area contributed by atoms with Gasteiger partial charge in [-0.1, -0.05) is 11.6 Å². The van der Waals surface area contributed by atoms with E-state index in [1.807, 2.05) is 0 Å². The highest BCUT2D eigenvalue weighted by atomic mass is 127. The molecule has 18 heavy (non-hydrogen) atoms. The molecule has 4 N–H and O–H groups in total. The number of halogens is 2. The van der Waals surface area contributed by atoms with Gasteiger partial charge in [0.15, 0.2) is 0 Å². The van der Waals surface area contributed by atoms with Gasteiger partial charge in [-0.2, -0.15) is 5.10 Å². The maximum Gasteiger partial charge on any atom is 0.267 e. The highest BCUT2D eigenvalue weighted by Gasteiger charge is 2.20. The van der Waals surface area contributed by atoms with Gasteiger partial charge in [0.2, 0.25) is 0 Å². The molecule has 0 saturated carbocycles. The maximum absolute atomic E-state index is 12.0. The summed E-state index contributed by atoms with van der Waals surface area (Å²) in [6, 6.07) is 5.00. The first-order valence-electron chi connectivity index (χ1n) is 4.67. The summed E-state index contributed by atoms with van der Waals surface area (Å²) in [7, 11) is -3.80. The number of nitrogens with one attached hydrogen (secondary N) is 2. The van der Waals surface area contributed by atoms with Crippen LogP contribution in [0.2, 0.25) is 5.02 Å². The second-order valence-electron chi connectivity index (χ2n) is 3.38. The zero-order valence-corrected chi connectivity index (χ0v) is 12.5. The fraction of sp³-hybridized carbons (Fsp3) is 0. The Kier molecular flexibility index (Phi) is 3.69. The Labute approximate surface area is 122 Å². The van der Waals surface area contributed by atoms with E-state index in [4.69, 9.17) is 17.3 Å². The maximum atomic E-state index is 12.0. The van der Waals surface area contributed by atoms with E-state index in [2.05, 4.69) is 37.5 Å². The number of aromatic nitrogens is 2. The molecular weight excluding hydrogens is 391 g/mol. The Hall–Kier alpha value is -1.000. The summed E-state index contributed by atoms with van der Waals surface area (Å²) in [5, 5.41) is 6.23. The molecule has 6 nitrogen and oxygen atoms in total. The smallest absolute Gasteiger partial charge is 0.267 e. The monoisotopic (exact) mass is 398 g/mol. The molecule has 0 amide bonds. The lowest BCUT2D eigenvalue weighted by Crippen LogP contribution is -2.14. The van der Waals surface area contributed by atoms with Crippen molar-refractivity contribution in [1.29, 1.82) is 0 Å². The van der Waals surface area contributed by atoms with E-state index in [1.165, 1.54) is 0 Å². The first-order chi connectivity index (χ1) is 8.40. The molecule has 1 heterocycles. The molecular formula is C9H8ClIN4O2S. The summed E-state index contributed by atoms with van der Waals surface area (Å²) < 4.78 is 27.3. The summed E-state index contributed by atoms with van der Waals surface area (Å²) in [4.78, 5) is -0.113. The Balaban J connectivity index is 2.40. The number of H-pyrrole nitrogens is 1. The van der Waals surface area contributed by atoms with E-state index in [-0.39, 0.29) is 10.7 Å². The molecule has 0 bridgehead atoms. The number of hydrogen-bond acceptors (Lipinski definition) is 4. The third kappa shape index (κ3) is 2.70. The zero-order chi connectivity index (χ0) is 13.3. The van der Waals surface area contributed by atoms with Gasteiger partial charge in [-0.15, -0.1) is 0 Å². The van der Waals surface area contributed by atoms with Gasteiger partial charge in [-0.3, -0.25) is 9.82 Å². The van der Waals surface area contributed by atoms with Crippen molar-refractivity contribution in [3.8, 4) is 0 Å². The van der Waals surface area contributed by atoms with E-state index in [1.54, 1.807) is 18.2 Å². The minimum Gasteiger partial charge on any atom is -0.383 e. The Morgan fingerprint density at radius 1 is 1.44 bits per heavy atom. The molecule has 0 saturated heterocycles. The molecule has 0 aliphatic rings. The van der Waals surface area contributed by atoms with E-state index < -0.39 is 10.0 Å². The van der Waals surface area contributed by atoms with Gasteiger partial charge < -0.3 is 5.73 Å². The average molecular weight is 399 g/mol. The van der Waals surface area contributed by atoms with Crippen molar-refractivity contribution in [2.24, 2.45) is 0 Å². The molecule has 0 aliphatic carbocycles. The van der Waals surface area contributed by atoms with Gasteiger partial charge in [0.1, 0.15) is 10.7 Å². The largest absolute Gasteiger partial charge is 0.383 e. The molecule has 0 unspecified atom stereocenters. The topological polar surface area (TPSA) is 101 Å². The van der Waals surface area contributed by atoms with Gasteiger partial charge in [-0.05, 0) is 40.8 Å². The number of rotatable bonds is 3. The number of anilines is 2. The van der Waals surface area contributed by atoms with Crippen LogP contribution in [0.4, 0.5) is 11.5 Å². The standard InChI is InChI=1S/C9H8ClIN4O2S/c10-6-2-1-5(11)3-7(6)15-18(16,17)8-4-13-14-9(8)12/h1-4,15H,(H3,12,13,14). The SMILES string of the molecule is Nc1[nH]ncc1S(=O)(=O)Nc1cc(I)ccc1Cl. The van der Waals surface area contributed by atoms with Crippen LogP contribution in [0, 0.1) is 3.57 Å². The van der Waals surface area contributed by atoms with Gasteiger partial charge in [0.25, 0.3) is 10.0 Å². The van der Waals surface area contributed by atoms with Gasteiger partial charge in [0.05, 0.1) is 16.9 Å². The summed E-state index contributed by atoms with van der Waals surface area (Å²) in [5.74, 6) is -0.0238. The third-order valence-electron chi connectivity index (χ3n) is 2.09. The number of nitrogens with two attached hydrogens (primary N) is 1. The number of sulfonamides is 1.